The third-order valence-electron chi connectivity index (χ3n) is 4.51. The lowest BCUT2D eigenvalue weighted by Gasteiger charge is -2.23. The number of nitrogens with zero attached hydrogens (tertiary/aromatic N) is 1. The molecule has 5 heteroatoms. The highest BCUT2D eigenvalue weighted by atomic mass is 127. The molecule has 0 saturated carbocycles. The summed E-state index contributed by atoms with van der Waals surface area (Å²) in [6, 6.07) is 8.41. The molecule has 0 aliphatic carbocycles. The Bertz CT molecular complexity index is 508. The van der Waals surface area contributed by atoms with Crippen molar-refractivity contribution < 1.29 is 4.79 Å². The van der Waals surface area contributed by atoms with E-state index in [1.807, 2.05) is 24.3 Å². The zero-order valence-corrected chi connectivity index (χ0v) is 13.8. The molecule has 108 valence electrons. The lowest BCUT2D eigenvalue weighted by Crippen LogP contribution is -2.38. The Kier molecular flexibility index (Phi) is 4.28. The van der Waals surface area contributed by atoms with Crippen molar-refractivity contribution in [2.75, 3.05) is 31.5 Å². The maximum atomic E-state index is 12.2. The van der Waals surface area contributed by atoms with Crippen LogP contribution in [0.3, 0.4) is 0 Å². The van der Waals surface area contributed by atoms with E-state index in [4.69, 9.17) is 0 Å². The summed E-state index contributed by atoms with van der Waals surface area (Å²) in [5.74, 6) is 1.52. The molecule has 0 bridgehead atoms. The second-order valence-electron chi connectivity index (χ2n) is 5.81. The average Bonchev–Trinajstić information content (AvgIpc) is 2.94. The van der Waals surface area contributed by atoms with Crippen LogP contribution in [-0.2, 0) is 4.79 Å². The molecule has 3 rings (SSSR count). The summed E-state index contributed by atoms with van der Waals surface area (Å²) in [6.45, 7) is 5.99. The summed E-state index contributed by atoms with van der Waals surface area (Å²) < 4.78 is 1.13. The van der Waals surface area contributed by atoms with E-state index in [9.17, 15) is 4.79 Å². The average molecular weight is 385 g/mol. The highest BCUT2D eigenvalue weighted by Crippen LogP contribution is 2.31. The van der Waals surface area contributed by atoms with Gasteiger partial charge in [-0.2, -0.15) is 0 Å². The van der Waals surface area contributed by atoms with Gasteiger partial charge in [0.2, 0.25) is 5.91 Å². The molecule has 0 radical (unpaired) electrons. The van der Waals surface area contributed by atoms with Crippen LogP contribution in [0.5, 0.6) is 0 Å². The van der Waals surface area contributed by atoms with Crippen LogP contribution in [0.2, 0.25) is 0 Å². The van der Waals surface area contributed by atoms with Crippen molar-refractivity contribution in [3.05, 3.63) is 27.8 Å². The molecule has 20 heavy (non-hydrogen) atoms. The number of anilines is 1. The SMILES string of the molecule is CC1C2CNCC2CN1CC(=O)Nc1cccc(I)c1. The van der Waals surface area contributed by atoms with Gasteiger partial charge in [0, 0.05) is 21.8 Å². The van der Waals surface area contributed by atoms with Crippen molar-refractivity contribution >= 4 is 34.2 Å². The van der Waals surface area contributed by atoms with Crippen LogP contribution in [0.25, 0.3) is 0 Å². The van der Waals surface area contributed by atoms with E-state index in [2.05, 4.69) is 45.0 Å². The Morgan fingerprint density at radius 2 is 2.35 bits per heavy atom. The highest BCUT2D eigenvalue weighted by Gasteiger charge is 2.42. The van der Waals surface area contributed by atoms with Crippen LogP contribution in [0.4, 0.5) is 5.69 Å². The number of likely N-dealkylation sites (tertiary alicyclic amines) is 1. The number of rotatable bonds is 3. The van der Waals surface area contributed by atoms with E-state index in [0.717, 1.165) is 34.8 Å². The normalized spacial score (nSPS) is 29.4. The molecule has 2 N–H and O–H groups in total. The molecule has 3 unspecified atom stereocenters. The second kappa shape index (κ2) is 5.99. The minimum Gasteiger partial charge on any atom is -0.325 e. The molecule has 1 aromatic rings. The van der Waals surface area contributed by atoms with Crippen LogP contribution < -0.4 is 10.6 Å². The van der Waals surface area contributed by atoms with Crippen molar-refractivity contribution in [2.45, 2.75) is 13.0 Å². The number of hydrogen-bond donors (Lipinski definition) is 2. The van der Waals surface area contributed by atoms with Gasteiger partial charge in [0.15, 0.2) is 0 Å². The molecule has 2 saturated heterocycles. The Hall–Kier alpha value is -0.660. The Morgan fingerprint density at radius 1 is 1.50 bits per heavy atom. The largest absolute Gasteiger partial charge is 0.325 e. The van der Waals surface area contributed by atoms with Crippen LogP contribution in [0.15, 0.2) is 24.3 Å². The number of hydrogen-bond acceptors (Lipinski definition) is 3. The predicted molar refractivity (Wildman–Crippen MR) is 88.7 cm³/mol. The third-order valence-corrected chi connectivity index (χ3v) is 5.18. The number of nitrogens with one attached hydrogen (secondary N) is 2. The van der Waals surface area contributed by atoms with Crippen LogP contribution in [-0.4, -0.2) is 43.0 Å². The first kappa shape index (κ1) is 14.3. The van der Waals surface area contributed by atoms with Crippen molar-refractivity contribution in [3.63, 3.8) is 0 Å². The molecule has 2 aliphatic heterocycles. The molecular weight excluding hydrogens is 365 g/mol. The number of amides is 1. The molecule has 4 nitrogen and oxygen atoms in total. The molecule has 2 aliphatic rings. The third kappa shape index (κ3) is 2.99. The summed E-state index contributed by atoms with van der Waals surface area (Å²) in [6.07, 6.45) is 0. The van der Waals surface area contributed by atoms with Crippen LogP contribution in [0, 0.1) is 15.4 Å². The van der Waals surface area contributed by atoms with Gasteiger partial charge in [0.25, 0.3) is 0 Å². The zero-order valence-electron chi connectivity index (χ0n) is 11.6. The fraction of sp³-hybridized carbons (Fsp3) is 0.533. The second-order valence-corrected chi connectivity index (χ2v) is 7.06. The molecule has 3 atom stereocenters. The van der Waals surface area contributed by atoms with E-state index in [1.165, 1.54) is 0 Å². The fourth-order valence-corrected chi connectivity index (χ4v) is 3.96. The minimum absolute atomic E-state index is 0.0896. The van der Waals surface area contributed by atoms with Gasteiger partial charge < -0.3 is 10.6 Å². The lowest BCUT2D eigenvalue weighted by atomic mass is 9.95. The lowest BCUT2D eigenvalue weighted by molar-refractivity contribution is -0.117. The van der Waals surface area contributed by atoms with E-state index < -0.39 is 0 Å². The molecular formula is C15H20IN3O. The Labute approximate surface area is 133 Å². The zero-order chi connectivity index (χ0) is 14.1. The first-order valence-corrected chi connectivity index (χ1v) is 8.21. The summed E-state index contributed by atoms with van der Waals surface area (Å²) in [5.41, 5.74) is 0.885. The van der Waals surface area contributed by atoms with E-state index in [-0.39, 0.29) is 5.91 Å². The van der Waals surface area contributed by atoms with Gasteiger partial charge >= 0.3 is 0 Å². The summed E-state index contributed by atoms with van der Waals surface area (Å²) in [4.78, 5) is 14.5. The number of carbonyl (C=O) groups excluding carboxylic acids is 1. The Balaban J connectivity index is 1.57. The smallest absolute Gasteiger partial charge is 0.238 e. The highest BCUT2D eigenvalue weighted by molar-refractivity contribution is 14.1. The number of fused-ring (bicyclic) bond motifs is 1. The number of benzene rings is 1. The fourth-order valence-electron chi connectivity index (χ4n) is 3.42. The molecule has 2 fully saturated rings. The molecule has 0 spiro atoms. The minimum atomic E-state index is 0.0896. The summed E-state index contributed by atoms with van der Waals surface area (Å²) in [5, 5.41) is 6.44. The molecule has 1 aromatic carbocycles. The topological polar surface area (TPSA) is 44.4 Å². The summed E-state index contributed by atoms with van der Waals surface area (Å²) >= 11 is 2.25. The first-order valence-electron chi connectivity index (χ1n) is 7.13. The Morgan fingerprint density at radius 3 is 3.10 bits per heavy atom. The molecule has 0 aromatic heterocycles. The van der Waals surface area contributed by atoms with Crippen molar-refractivity contribution in [1.82, 2.24) is 10.2 Å². The monoisotopic (exact) mass is 385 g/mol. The van der Waals surface area contributed by atoms with Gasteiger partial charge in [0.05, 0.1) is 6.54 Å². The maximum absolute atomic E-state index is 12.2. The predicted octanol–water partition coefficient (Wildman–Crippen LogP) is 1.77. The van der Waals surface area contributed by atoms with Gasteiger partial charge in [-0.15, -0.1) is 0 Å². The van der Waals surface area contributed by atoms with Crippen LogP contribution in [0.1, 0.15) is 6.92 Å². The van der Waals surface area contributed by atoms with Crippen LogP contribution >= 0.6 is 22.6 Å². The van der Waals surface area contributed by atoms with Crippen molar-refractivity contribution in [1.29, 1.82) is 0 Å². The molecule has 2 heterocycles. The van der Waals surface area contributed by atoms with Crippen molar-refractivity contribution in [3.8, 4) is 0 Å². The van der Waals surface area contributed by atoms with E-state index >= 15 is 0 Å². The van der Waals surface area contributed by atoms with Gasteiger partial charge in [0.1, 0.15) is 0 Å². The maximum Gasteiger partial charge on any atom is 0.238 e. The molecule has 1 amide bonds. The quantitative estimate of drug-likeness (QED) is 0.780. The van der Waals surface area contributed by atoms with Gasteiger partial charge in [-0.3, -0.25) is 9.69 Å². The van der Waals surface area contributed by atoms with Gasteiger partial charge in [-0.05, 0) is 72.6 Å². The van der Waals surface area contributed by atoms with Gasteiger partial charge in [-0.25, -0.2) is 0 Å². The summed E-state index contributed by atoms with van der Waals surface area (Å²) in [7, 11) is 0. The standard InChI is InChI=1S/C15H20IN3O/c1-10-14-7-17-6-11(14)8-19(10)9-15(20)18-13-4-2-3-12(16)5-13/h2-5,10-11,14,17H,6-9H2,1H3,(H,18,20). The van der Waals surface area contributed by atoms with E-state index in [1.54, 1.807) is 0 Å². The van der Waals surface area contributed by atoms with Gasteiger partial charge in [-0.1, -0.05) is 6.07 Å². The van der Waals surface area contributed by atoms with Crippen molar-refractivity contribution in [2.24, 2.45) is 11.8 Å². The number of carbonyl (C=O) groups is 1. The first-order chi connectivity index (χ1) is 9.63. The van der Waals surface area contributed by atoms with E-state index in [0.29, 0.717) is 18.5 Å². The number of halogens is 1.